The van der Waals surface area contributed by atoms with E-state index in [-0.39, 0.29) is 6.04 Å². The van der Waals surface area contributed by atoms with Crippen LogP contribution in [-0.4, -0.2) is 58.4 Å². The first kappa shape index (κ1) is 23.1. The number of halogens is 1. The van der Waals surface area contributed by atoms with Gasteiger partial charge in [0.15, 0.2) is 9.84 Å². The van der Waals surface area contributed by atoms with Gasteiger partial charge < -0.3 is 15.0 Å². The largest absolute Gasteiger partial charge is 0.492 e. The maximum Gasteiger partial charge on any atom is 0.157 e. The summed E-state index contributed by atoms with van der Waals surface area (Å²) in [6.45, 7) is 4.02. The molecule has 0 radical (unpaired) electrons. The topological polar surface area (TPSA) is 82.4 Å². The highest BCUT2D eigenvalue weighted by Crippen LogP contribution is 2.52. The Kier molecular flexibility index (Phi) is 6.78. The number of nitrogens with zero attached hydrogens (tertiary/aromatic N) is 2. The van der Waals surface area contributed by atoms with Crippen molar-refractivity contribution in [2.45, 2.75) is 30.1 Å². The minimum atomic E-state index is -3.11. The van der Waals surface area contributed by atoms with Gasteiger partial charge in [0.25, 0.3) is 0 Å². The molecule has 0 spiro atoms. The van der Waals surface area contributed by atoms with Crippen LogP contribution in [0, 0.1) is 11.3 Å². The number of hydrogen-bond donors (Lipinski definition) is 1. The predicted molar refractivity (Wildman–Crippen MR) is 126 cm³/mol. The van der Waals surface area contributed by atoms with Crippen LogP contribution in [0.25, 0.3) is 0 Å². The zero-order chi connectivity index (χ0) is 22.8. The highest BCUT2D eigenvalue weighted by molar-refractivity contribution is 7.92. The van der Waals surface area contributed by atoms with Crippen molar-refractivity contribution < 1.29 is 13.2 Å². The summed E-state index contributed by atoms with van der Waals surface area (Å²) in [5.74, 6) is 0.742. The second-order valence-electron chi connectivity index (χ2n) is 8.68. The summed E-state index contributed by atoms with van der Waals surface area (Å²) < 4.78 is 29.5. The van der Waals surface area contributed by atoms with E-state index in [1.165, 1.54) is 6.26 Å². The van der Waals surface area contributed by atoms with Gasteiger partial charge in [-0.15, -0.1) is 0 Å². The zero-order valence-corrected chi connectivity index (χ0v) is 19.8. The number of piperazine rings is 1. The Balaban J connectivity index is 1.29. The Morgan fingerprint density at radius 3 is 2.66 bits per heavy atom. The van der Waals surface area contributed by atoms with Crippen molar-refractivity contribution in [3.63, 3.8) is 0 Å². The van der Waals surface area contributed by atoms with E-state index in [0.717, 1.165) is 49.5 Å². The van der Waals surface area contributed by atoms with Crippen LogP contribution in [0.2, 0.25) is 5.02 Å². The number of nitriles is 1. The number of nitrogens with one attached hydrogen (secondary N) is 1. The summed E-state index contributed by atoms with van der Waals surface area (Å²) in [5, 5.41) is 13.5. The molecule has 8 heteroatoms. The van der Waals surface area contributed by atoms with Crippen molar-refractivity contribution in [2.75, 3.05) is 39.0 Å². The molecule has 0 bridgehead atoms. The molecular weight excluding hydrogens is 446 g/mol. The molecule has 2 aromatic carbocycles. The summed E-state index contributed by atoms with van der Waals surface area (Å²) in [6.07, 6.45) is 3.44. The van der Waals surface area contributed by atoms with Crippen molar-refractivity contribution in [3.05, 3.63) is 64.2 Å². The summed E-state index contributed by atoms with van der Waals surface area (Å²) in [4.78, 5) is 2.36. The Morgan fingerprint density at radius 1 is 1.25 bits per heavy atom. The lowest BCUT2D eigenvalue weighted by atomic mass is 10.0. The van der Waals surface area contributed by atoms with E-state index in [2.05, 4.69) is 16.3 Å². The lowest BCUT2D eigenvalue weighted by Gasteiger charge is -2.33. The fourth-order valence-corrected chi connectivity index (χ4v) is 6.11. The van der Waals surface area contributed by atoms with Crippen molar-refractivity contribution in [1.82, 2.24) is 10.2 Å². The molecule has 0 amide bonds. The van der Waals surface area contributed by atoms with Gasteiger partial charge >= 0.3 is 0 Å². The van der Waals surface area contributed by atoms with Crippen LogP contribution in [0.3, 0.4) is 0 Å². The molecule has 6 nitrogen and oxygen atoms in total. The zero-order valence-electron chi connectivity index (χ0n) is 18.2. The maximum absolute atomic E-state index is 12.1. The van der Waals surface area contributed by atoms with E-state index >= 15 is 0 Å². The van der Waals surface area contributed by atoms with Crippen LogP contribution < -0.4 is 10.1 Å². The molecule has 1 aliphatic carbocycles. The molecular formula is C24H28ClN3O3S. The van der Waals surface area contributed by atoms with Gasteiger partial charge in [0.2, 0.25) is 0 Å². The fourth-order valence-electron chi connectivity index (χ4n) is 4.44. The number of rotatable bonds is 8. The molecule has 1 aliphatic heterocycles. The van der Waals surface area contributed by atoms with Crippen LogP contribution in [0.15, 0.2) is 42.5 Å². The normalized spacial score (nSPS) is 20.5. The predicted octanol–water partition coefficient (Wildman–Crippen LogP) is 3.14. The lowest BCUT2D eigenvalue weighted by molar-refractivity contribution is 0.159. The van der Waals surface area contributed by atoms with E-state index in [1.54, 1.807) is 6.07 Å². The standard InChI is InChI=1S/C24H28ClN3O3S/c1-32(29,30)24(10-11-24)19-5-7-21(8-6-19)31-17-20-16-28(14-12-27-20)13-9-22-18(15-26)3-2-4-23(22)25/h2-8,20,27H,9-14,16-17H2,1H3/t20-/m0/s1. The molecule has 170 valence electrons. The monoisotopic (exact) mass is 473 g/mol. The molecule has 0 aromatic heterocycles. The third-order valence-corrected chi connectivity index (χ3v) is 8.92. The third kappa shape index (κ3) is 4.94. The first-order valence-electron chi connectivity index (χ1n) is 10.9. The average Bonchev–Trinajstić information content (AvgIpc) is 3.60. The molecule has 32 heavy (non-hydrogen) atoms. The van der Waals surface area contributed by atoms with Gasteiger partial charge in [0.1, 0.15) is 12.4 Å². The van der Waals surface area contributed by atoms with E-state index in [9.17, 15) is 13.7 Å². The Hall–Kier alpha value is -2.11. The van der Waals surface area contributed by atoms with Crippen LogP contribution >= 0.6 is 11.6 Å². The minimum Gasteiger partial charge on any atom is -0.492 e. The number of sulfone groups is 1. The van der Waals surface area contributed by atoms with Gasteiger partial charge in [-0.1, -0.05) is 29.8 Å². The highest BCUT2D eigenvalue weighted by atomic mass is 35.5. The molecule has 1 heterocycles. The molecule has 2 fully saturated rings. The molecule has 2 aromatic rings. The van der Waals surface area contributed by atoms with Crippen molar-refractivity contribution in [3.8, 4) is 11.8 Å². The van der Waals surface area contributed by atoms with E-state index in [0.29, 0.717) is 30.0 Å². The van der Waals surface area contributed by atoms with Crippen LogP contribution in [-0.2, 0) is 21.0 Å². The molecule has 1 saturated carbocycles. The molecule has 2 aliphatic rings. The molecule has 1 N–H and O–H groups in total. The molecule has 1 saturated heterocycles. The van der Waals surface area contributed by atoms with Gasteiger partial charge in [0, 0.05) is 37.5 Å². The van der Waals surface area contributed by atoms with E-state index < -0.39 is 14.6 Å². The Labute approximate surface area is 195 Å². The van der Waals surface area contributed by atoms with Crippen LogP contribution in [0.4, 0.5) is 0 Å². The summed E-state index contributed by atoms with van der Waals surface area (Å²) >= 11 is 6.30. The second kappa shape index (κ2) is 9.40. The summed E-state index contributed by atoms with van der Waals surface area (Å²) in [7, 11) is -3.11. The van der Waals surface area contributed by atoms with Gasteiger partial charge in [-0.2, -0.15) is 5.26 Å². The second-order valence-corrected chi connectivity index (χ2v) is 11.4. The van der Waals surface area contributed by atoms with Crippen molar-refractivity contribution >= 4 is 21.4 Å². The number of hydrogen-bond acceptors (Lipinski definition) is 6. The number of ether oxygens (including phenoxy) is 1. The first-order valence-corrected chi connectivity index (χ1v) is 13.2. The Bertz CT molecular complexity index is 1110. The highest BCUT2D eigenvalue weighted by Gasteiger charge is 2.53. The van der Waals surface area contributed by atoms with Gasteiger partial charge in [-0.3, -0.25) is 0 Å². The summed E-state index contributed by atoms with van der Waals surface area (Å²) in [6, 6.07) is 15.3. The third-order valence-electron chi connectivity index (χ3n) is 6.50. The maximum atomic E-state index is 12.1. The van der Waals surface area contributed by atoms with Gasteiger partial charge in [-0.05, 0) is 54.7 Å². The number of benzene rings is 2. The fraction of sp³-hybridized carbons (Fsp3) is 0.458. The van der Waals surface area contributed by atoms with E-state index in [1.807, 2.05) is 36.4 Å². The molecule has 4 rings (SSSR count). The van der Waals surface area contributed by atoms with Gasteiger partial charge in [0.05, 0.1) is 22.4 Å². The smallest absolute Gasteiger partial charge is 0.157 e. The summed E-state index contributed by atoms with van der Waals surface area (Å²) in [5.41, 5.74) is 2.40. The average molecular weight is 474 g/mol. The Morgan fingerprint density at radius 2 is 2.00 bits per heavy atom. The minimum absolute atomic E-state index is 0.191. The van der Waals surface area contributed by atoms with Crippen molar-refractivity contribution in [2.24, 2.45) is 0 Å². The lowest BCUT2D eigenvalue weighted by Crippen LogP contribution is -2.53. The van der Waals surface area contributed by atoms with Crippen LogP contribution in [0.5, 0.6) is 5.75 Å². The molecule has 1 atom stereocenters. The van der Waals surface area contributed by atoms with Crippen molar-refractivity contribution in [1.29, 1.82) is 5.26 Å². The SMILES string of the molecule is CS(=O)(=O)C1(c2ccc(OC[C@@H]3CN(CCc4c(Cl)cccc4C#N)CCN3)cc2)CC1. The molecule has 0 unspecified atom stereocenters. The van der Waals surface area contributed by atoms with Crippen LogP contribution in [0.1, 0.15) is 29.5 Å². The quantitative estimate of drug-likeness (QED) is 0.634. The first-order chi connectivity index (χ1) is 15.3. The van der Waals surface area contributed by atoms with E-state index in [4.69, 9.17) is 16.3 Å². The van der Waals surface area contributed by atoms with Gasteiger partial charge in [-0.25, -0.2) is 8.42 Å².